The van der Waals surface area contributed by atoms with E-state index in [1.165, 1.54) is 12.8 Å². The van der Waals surface area contributed by atoms with Crippen molar-refractivity contribution >= 4 is 22.9 Å². The molecule has 1 aliphatic heterocycles. The molecule has 4 N–H and O–H groups in total. The fourth-order valence-electron chi connectivity index (χ4n) is 2.52. The summed E-state index contributed by atoms with van der Waals surface area (Å²) < 4.78 is 0.845. The second-order valence-corrected chi connectivity index (χ2v) is 4.61. The van der Waals surface area contributed by atoms with Crippen molar-refractivity contribution in [2.24, 2.45) is 0 Å². The summed E-state index contributed by atoms with van der Waals surface area (Å²) in [6.45, 7) is 2.23. The molecular weight excluding hydrogens is 240 g/mol. The SMILES string of the molecule is C[N+]1(c2nc(N)nc3[nH+]c[nH]c23)CCCC1.[Cl-]. The predicted molar refractivity (Wildman–Crippen MR) is 61.5 cm³/mol. The lowest BCUT2D eigenvalue weighted by Crippen LogP contribution is -3.00. The normalized spacial score (nSPS) is 18.2. The van der Waals surface area contributed by atoms with Crippen molar-refractivity contribution in [3.8, 4) is 0 Å². The maximum absolute atomic E-state index is 5.74. The quantitative estimate of drug-likeness (QED) is 0.536. The molecular formula is C10H16ClN6+. The molecule has 6 nitrogen and oxygen atoms in total. The average molecular weight is 256 g/mol. The van der Waals surface area contributed by atoms with Crippen LogP contribution >= 0.6 is 0 Å². The van der Waals surface area contributed by atoms with Crippen LogP contribution in [0, 0.1) is 0 Å². The van der Waals surface area contributed by atoms with Crippen molar-refractivity contribution in [2.45, 2.75) is 12.8 Å². The van der Waals surface area contributed by atoms with Gasteiger partial charge in [-0.1, -0.05) is 4.98 Å². The van der Waals surface area contributed by atoms with Crippen LogP contribution in [0.1, 0.15) is 12.8 Å². The number of hydrogen-bond donors (Lipinski definition) is 2. The lowest BCUT2D eigenvalue weighted by Gasteiger charge is -2.26. The van der Waals surface area contributed by atoms with E-state index in [4.69, 9.17) is 5.73 Å². The minimum absolute atomic E-state index is 0. The largest absolute Gasteiger partial charge is 1.00 e. The number of imidazole rings is 1. The van der Waals surface area contributed by atoms with E-state index in [0.29, 0.717) is 5.95 Å². The van der Waals surface area contributed by atoms with Crippen LogP contribution < -0.4 is 27.6 Å². The number of anilines is 1. The van der Waals surface area contributed by atoms with E-state index in [2.05, 4.69) is 27.0 Å². The van der Waals surface area contributed by atoms with Gasteiger partial charge < -0.3 is 18.1 Å². The van der Waals surface area contributed by atoms with Gasteiger partial charge in [-0.2, -0.15) is 0 Å². The van der Waals surface area contributed by atoms with E-state index >= 15 is 0 Å². The molecule has 0 atom stereocenters. The number of fused-ring (bicyclic) bond motifs is 1. The highest BCUT2D eigenvalue weighted by molar-refractivity contribution is 5.80. The van der Waals surface area contributed by atoms with Gasteiger partial charge in [-0.3, -0.25) is 9.47 Å². The zero-order valence-electron chi connectivity index (χ0n) is 9.70. The van der Waals surface area contributed by atoms with Crippen LogP contribution in [-0.4, -0.2) is 35.1 Å². The van der Waals surface area contributed by atoms with Crippen molar-refractivity contribution in [1.29, 1.82) is 0 Å². The summed E-state index contributed by atoms with van der Waals surface area (Å²) in [7, 11) is 2.20. The van der Waals surface area contributed by atoms with Gasteiger partial charge in [0.05, 0.1) is 20.1 Å². The van der Waals surface area contributed by atoms with E-state index in [0.717, 1.165) is 34.6 Å². The van der Waals surface area contributed by atoms with E-state index in [1.807, 2.05) is 0 Å². The fraction of sp³-hybridized carbons (Fsp3) is 0.500. The van der Waals surface area contributed by atoms with Gasteiger partial charge in [0, 0.05) is 12.8 Å². The summed E-state index contributed by atoms with van der Waals surface area (Å²) >= 11 is 0. The molecule has 3 heterocycles. The number of aromatic nitrogens is 4. The Morgan fingerprint density at radius 2 is 2.06 bits per heavy atom. The van der Waals surface area contributed by atoms with Crippen LogP contribution in [-0.2, 0) is 0 Å². The molecule has 1 saturated heterocycles. The van der Waals surface area contributed by atoms with Gasteiger partial charge >= 0.3 is 11.6 Å². The number of rotatable bonds is 1. The first-order chi connectivity index (χ1) is 7.69. The van der Waals surface area contributed by atoms with Crippen molar-refractivity contribution in [3.05, 3.63) is 6.33 Å². The number of halogens is 1. The Hall–Kier alpha value is -1.40. The molecule has 0 bridgehead atoms. The zero-order valence-corrected chi connectivity index (χ0v) is 10.5. The first kappa shape index (κ1) is 12.1. The summed E-state index contributed by atoms with van der Waals surface area (Å²) in [4.78, 5) is 14.8. The number of likely N-dealkylation sites (tertiary alicyclic amines) is 1. The van der Waals surface area contributed by atoms with Crippen molar-refractivity contribution < 1.29 is 17.4 Å². The Labute approximate surface area is 105 Å². The first-order valence-corrected chi connectivity index (χ1v) is 5.56. The molecule has 2 aromatic rings. The van der Waals surface area contributed by atoms with Crippen LogP contribution in [0.5, 0.6) is 0 Å². The zero-order chi connectivity index (χ0) is 11.2. The van der Waals surface area contributed by atoms with Crippen molar-refractivity contribution in [3.63, 3.8) is 0 Å². The molecule has 0 saturated carbocycles. The Morgan fingerprint density at radius 1 is 1.35 bits per heavy atom. The standard InChI is InChI=1S/C10H15N6.ClH/c1-16(4-2-3-5-16)9-7-8(13-6-12-7)14-10(11)15-9;/h6H,2-5H2,1H3,(H3,11,12,13,14,15);1H/q+1;. The molecule has 1 fully saturated rings. The highest BCUT2D eigenvalue weighted by Crippen LogP contribution is 2.29. The van der Waals surface area contributed by atoms with Crippen LogP contribution in [0.25, 0.3) is 11.2 Å². The Morgan fingerprint density at radius 3 is 2.76 bits per heavy atom. The number of nitrogens with two attached hydrogens (primary N) is 1. The predicted octanol–water partition coefficient (Wildman–Crippen LogP) is -2.91. The van der Waals surface area contributed by atoms with E-state index in [1.54, 1.807) is 6.33 Å². The Kier molecular flexibility index (Phi) is 2.92. The van der Waals surface area contributed by atoms with E-state index < -0.39 is 0 Å². The third-order valence-electron chi connectivity index (χ3n) is 3.40. The maximum Gasteiger partial charge on any atom is 0.311 e. The van der Waals surface area contributed by atoms with Gasteiger partial charge in [-0.05, 0) is 0 Å². The van der Waals surface area contributed by atoms with Crippen molar-refractivity contribution in [2.75, 3.05) is 25.9 Å². The molecule has 0 spiro atoms. The monoisotopic (exact) mass is 255 g/mol. The lowest BCUT2D eigenvalue weighted by atomic mass is 10.4. The van der Waals surface area contributed by atoms with Gasteiger partial charge in [0.15, 0.2) is 6.33 Å². The van der Waals surface area contributed by atoms with Gasteiger partial charge in [-0.25, -0.2) is 4.98 Å². The topological polar surface area (TPSA) is 81.7 Å². The number of nitrogen functional groups attached to an aromatic ring is 1. The molecule has 2 aromatic heterocycles. The summed E-state index contributed by atoms with van der Waals surface area (Å²) in [6.07, 6.45) is 4.25. The second kappa shape index (κ2) is 4.12. The fourth-order valence-corrected chi connectivity index (χ4v) is 2.52. The van der Waals surface area contributed by atoms with E-state index in [9.17, 15) is 0 Å². The first-order valence-electron chi connectivity index (χ1n) is 5.56. The van der Waals surface area contributed by atoms with Crippen LogP contribution in [0.4, 0.5) is 11.8 Å². The average Bonchev–Trinajstić information content (AvgIpc) is 2.85. The molecule has 0 aromatic carbocycles. The highest BCUT2D eigenvalue weighted by atomic mass is 35.5. The Bertz CT molecular complexity index is 531. The summed E-state index contributed by atoms with van der Waals surface area (Å²) in [5, 5.41) is 0. The third-order valence-corrected chi connectivity index (χ3v) is 3.40. The summed E-state index contributed by atoms with van der Waals surface area (Å²) in [5.74, 6) is 1.34. The number of hydrogen-bond acceptors (Lipinski definition) is 3. The van der Waals surface area contributed by atoms with Gasteiger partial charge in [0.1, 0.15) is 0 Å². The van der Waals surface area contributed by atoms with Gasteiger partial charge in [-0.15, -0.1) is 4.98 Å². The molecule has 0 radical (unpaired) electrons. The molecule has 3 rings (SSSR count). The number of H-pyrrole nitrogens is 2. The molecule has 17 heavy (non-hydrogen) atoms. The van der Waals surface area contributed by atoms with Crippen molar-refractivity contribution in [1.82, 2.24) is 19.4 Å². The van der Waals surface area contributed by atoms with E-state index in [-0.39, 0.29) is 12.4 Å². The van der Waals surface area contributed by atoms with Gasteiger partial charge in [0.2, 0.25) is 0 Å². The molecule has 0 unspecified atom stereocenters. The van der Waals surface area contributed by atoms with Crippen LogP contribution in [0.15, 0.2) is 6.33 Å². The smallest absolute Gasteiger partial charge is 0.311 e. The molecule has 0 amide bonds. The number of aromatic amines is 2. The second-order valence-electron chi connectivity index (χ2n) is 4.61. The summed E-state index contributed by atoms with van der Waals surface area (Å²) in [6, 6.07) is 0. The minimum Gasteiger partial charge on any atom is -1.00 e. The van der Waals surface area contributed by atoms with Gasteiger partial charge in [0.25, 0.3) is 11.3 Å². The number of nitrogens with zero attached hydrogens (tertiary/aromatic N) is 3. The van der Waals surface area contributed by atoms with Crippen LogP contribution in [0.3, 0.4) is 0 Å². The minimum atomic E-state index is 0. The molecule has 0 aliphatic carbocycles. The number of quaternary nitrogens is 1. The Balaban J connectivity index is 0.00000108. The highest BCUT2D eigenvalue weighted by Gasteiger charge is 2.36. The number of nitrogens with one attached hydrogen (secondary N) is 2. The molecule has 92 valence electrons. The maximum atomic E-state index is 5.74. The lowest BCUT2D eigenvalue weighted by molar-refractivity contribution is -0.347. The molecule has 7 heteroatoms. The third kappa shape index (κ3) is 1.83. The summed E-state index contributed by atoms with van der Waals surface area (Å²) in [5.41, 5.74) is 7.50. The van der Waals surface area contributed by atoms with Crippen LogP contribution in [0.2, 0.25) is 0 Å². The molecule has 1 aliphatic rings.